The maximum Gasteiger partial charge on any atom is 0.322 e. The third kappa shape index (κ3) is 3.52. The SMILES string of the molecule is NC(c1ccccc1)C(C(=O)O)C(=O)OCC1c2ccccc2-c2ccccc21. The molecule has 5 nitrogen and oxygen atoms in total. The van der Waals surface area contributed by atoms with Crippen molar-refractivity contribution in [3.8, 4) is 11.1 Å². The van der Waals surface area contributed by atoms with Crippen molar-refractivity contribution in [3.05, 3.63) is 95.6 Å². The summed E-state index contributed by atoms with van der Waals surface area (Å²) in [5.74, 6) is -3.72. The van der Waals surface area contributed by atoms with Gasteiger partial charge in [-0.3, -0.25) is 9.59 Å². The molecule has 0 spiro atoms. The van der Waals surface area contributed by atoms with Crippen molar-refractivity contribution in [2.45, 2.75) is 12.0 Å². The zero-order valence-corrected chi connectivity index (χ0v) is 15.7. The van der Waals surface area contributed by atoms with Gasteiger partial charge in [-0.2, -0.15) is 0 Å². The van der Waals surface area contributed by atoms with Crippen molar-refractivity contribution in [1.29, 1.82) is 0 Å². The molecule has 3 aromatic rings. The number of carbonyl (C=O) groups is 2. The summed E-state index contributed by atoms with van der Waals surface area (Å²) in [6.07, 6.45) is 0. The highest BCUT2D eigenvalue weighted by atomic mass is 16.5. The van der Waals surface area contributed by atoms with Gasteiger partial charge in [-0.15, -0.1) is 0 Å². The molecular formula is C24H21NO4. The van der Waals surface area contributed by atoms with Crippen molar-refractivity contribution >= 4 is 11.9 Å². The van der Waals surface area contributed by atoms with E-state index in [0.717, 1.165) is 22.3 Å². The Morgan fingerprint density at radius 3 is 1.93 bits per heavy atom. The molecule has 2 atom stereocenters. The lowest BCUT2D eigenvalue weighted by molar-refractivity contribution is -0.160. The number of hydrogen-bond acceptors (Lipinski definition) is 4. The Balaban J connectivity index is 1.55. The lowest BCUT2D eigenvalue weighted by atomic mass is 9.93. The average molecular weight is 387 g/mol. The van der Waals surface area contributed by atoms with Crippen molar-refractivity contribution in [3.63, 3.8) is 0 Å². The lowest BCUT2D eigenvalue weighted by Gasteiger charge is -2.21. The number of esters is 1. The first-order valence-corrected chi connectivity index (χ1v) is 9.46. The van der Waals surface area contributed by atoms with Crippen LogP contribution in [0.15, 0.2) is 78.9 Å². The van der Waals surface area contributed by atoms with E-state index in [4.69, 9.17) is 10.5 Å². The Kier molecular flexibility index (Phi) is 5.14. The predicted octanol–water partition coefficient (Wildman–Crippen LogP) is 3.74. The second-order valence-electron chi connectivity index (χ2n) is 7.11. The van der Waals surface area contributed by atoms with Crippen LogP contribution in [0.4, 0.5) is 0 Å². The van der Waals surface area contributed by atoms with Crippen LogP contribution in [-0.4, -0.2) is 23.7 Å². The number of carbonyl (C=O) groups excluding carboxylic acids is 1. The number of rotatable bonds is 6. The van der Waals surface area contributed by atoms with E-state index in [1.54, 1.807) is 30.3 Å². The fourth-order valence-corrected chi connectivity index (χ4v) is 3.96. The maximum atomic E-state index is 12.7. The van der Waals surface area contributed by atoms with Crippen LogP contribution in [0.2, 0.25) is 0 Å². The fraction of sp³-hybridized carbons (Fsp3) is 0.167. The Bertz CT molecular complexity index is 1000. The number of benzene rings is 3. The first kappa shape index (κ1) is 18.9. The molecule has 0 radical (unpaired) electrons. The zero-order valence-electron chi connectivity index (χ0n) is 15.7. The summed E-state index contributed by atoms with van der Waals surface area (Å²) in [4.78, 5) is 24.5. The topological polar surface area (TPSA) is 89.6 Å². The molecule has 2 unspecified atom stereocenters. The van der Waals surface area contributed by atoms with Crippen LogP contribution in [0.1, 0.15) is 28.7 Å². The lowest BCUT2D eigenvalue weighted by Crippen LogP contribution is -2.36. The van der Waals surface area contributed by atoms with Gasteiger partial charge in [0.1, 0.15) is 6.61 Å². The smallest absolute Gasteiger partial charge is 0.322 e. The van der Waals surface area contributed by atoms with E-state index in [1.807, 2.05) is 48.5 Å². The van der Waals surface area contributed by atoms with Crippen LogP contribution in [0.5, 0.6) is 0 Å². The summed E-state index contributed by atoms with van der Waals surface area (Å²) in [7, 11) is 0. The highest BCUT2D eigenvalue weighted by molar-refractivity contribution is 5.95. The molecule has 1 aliphatic carbocycles. The van der Waals surface area contributed by atoms with Crippen molar-refractivity contribution in [2.24, 2.45) is 11.7 Å². The average Bonchev–Trinajstić information content (AvgIpc) is 3.06. The molecule has 0 fully saturated rings. The van der Waals surface area contributed by atoms with Gasteiger partial charge in [-0.05, 0) is 27.8 Å². The molecule has 4 rings (SSSR count). The summed E-state index contributed by atoms with van der Waals surface area (Å²) in [6, 6.07) is 23.7. The Morgan fingerprint density at radius 1 is 0.862 bits per heavy atom. The van der Waals surface area contributed by atoms with Crippen LogP contribution < -0.4 is 5.73 Å². The van der Waals surface area contributed by atoms with Crippen molar-refractivity contribution in [2.75, 3.05) is 6.61 Å². The fourth-order valence-electron chi connectivity index (χ4n) is 3.96. The number of fused-ring (bicyclic) bond motifs is 3. The highest BCUT2D eigenvalue weighted by Gasteiger charge is 2.36. The van der Waals surface area contributed by atoms with E-state index < -0.39 is 23.9 Å². The van der Waals surface area contributed by atoms with Crippen LogP contribution in [0.25, 0.3) is 11.1 Å². The van der Waals surface area contributed by atoms with E-state index in [2.05, 4.69) is 0 Å². The molecule has 29 heavy (non-hydrogen) atoms. The molecule has 0 aromatic heterocycles. The van der Waals surface area contributed by atoms with Crippen LogP contribution in [0, 0.1) is 5.92 Å². The molecule has 0 amide bonds. The Hall–Kier alpha value is -3.44. The summed E-state index contributed by atoms with van der Waals surface area (Å²) in [5, 5.41) is 9.60. The Morgan fingerprint density at radius 2 is 1.38 bits per heavy atom. The summed E-state index contributed by atoms with van der Waals surface area (Å²) < 4.78 is 5.51. The van der Waals surface area contributed by atoms with Gasteiger partial charge in [0.15, 0.2) is 5.92 Å². The molecule has 0 saturated heterocycles. The Labute approximate surface area is 168 Å². The molecule has 0 heterocycles. The number of ether oxygens (including phenoxy) is 1. The largest absolute Gasteiger partial charge is 0.481 e. The number of aliphatic carboxylic acids is 1. The molecule has 3 N–H and O–H groups in total. The van der Waals surface area contributed by atoms with Crippen LogP contribution >= 0.6 is 0 Å². The van der Waals surface area contributed by atoms with Gasteiger partial charge in [-0.1, -0.05) is 78.9 Å². The third-order valence-electron chi connectivity index (χ3n) is 5.42. The number of carboxylic acid groups (broad SMARTS) is 1. The van der Waals surface area contributed by atoms with Crippen molar-refractivity contribution < 1.29 is 19.4 Å². The molecule has 5 heteroatoms. The number of hydrogen-bond donors (Lipinski definition) is 2. The molecule has 1 aliphatic rings. The number of nitrogens with two attached hydrogens (primary N) is 1. The van der Waals surface area contributed by atoms with Gasteiger partial charge in [0, 0.05) is 5.92 Å². The first-order chi connectivity index (χ1) is 14.1. The quantitative estimate of drug-likeness (QED) is 0.497. The van der Waals surface area contributed by atoms with E-state index >= 15 is 0 Å². The van der Waals surface area contributed by atoms with E-state index in [1.165, 1.54) is 0 Å². The third-order valence-corrected chi connectivity index (χ3v) is 5.42. The standard InChI is InChI=1S/C24H21NO4/c25-22(15-8-2-1-3-9-15)21(23(26)27)24(28)29-14-20-18-12-6-4-10-16(18)17-11-5-7-13-19(17)20/h1-13,20-22H,14,25H2,(H,26,27). The minimum absolute atomic E-state index is 0.0676. The van der Waals surface area contributed by atoms with Gasteiger partial charge >= 0.3 is 11.9 Å². The minimum Gasteiger partial charge on any atom is -0.481 e. The minimum atomic E-state index is -1.47. The first-order valence-electron chi connectivity index (χ1n) is 9.46. The van der Waals surface area contributed by atoms with E-state index in [-0.39, 0.29) is 12.5 Å². The van der Waals surface area contributed by atoms with E-state index in [9.17, 15) is 14.7 Å². The summed E-state index contributed by atoms with van der Waals surface area (Å²) >= 11 is 0. The second kappa shape index (κ2) is 7.89. The van der Waals surface area contributed by atoms with Gasteiger partial charge < -0.3 is 15.6 Å². The van der Waals surface area contributed by atoms with Crippen molar-refractivity contribution in [1.82, 2.24) is 0 Å². The van der Waals surface area contributed by atoms with Gasteiger partial charge in [0.2, 0.25) is 0 Å². The maximum absolute atomic E-state index is 12.7. The van der Waals surface area contributed by atoms with Gasteiger partial charge in [-0.25, -0.2) is 0 Å². The van der Waals surface area contributed by atoms with Gasteiger partial charge in [0.25, 0.3) is 0 Å². The normalized spacial score (nSPS) is 14.5. The van der Waals surface area contributed by atoms with Gasteiger partial charge in [0.05, 0.1) is 6.04 Å². The van der Waals surface area contributed by atoms with Crippen LogP contribution in [0.3, 0.4) is 0 Å². The second-order valence-corrected chi connectivity index (χ2v) is 7.11. The molecule has 0 bridgehead atoms. The number of carboxylic acids is 1. The molecule has 146 valence electrons. The highest BCUT2D eigenvalue weighted by Crippen LogP contribution is 2.44. The zero-order chi connectivity index (χ0) is 20.4. The predicted molar refractivity (Wildman–Crippen MR) is 109 cm³/mol. The molecule has 0 aliphatic heterocycles. The van der Waals surface area contributed by atoms with Crippen LogP contribution in [-0.2, 0) is 14.3 Å². The molecular weight excluding hydrogens is 366 g/mol. The molecule has 3 aromatic carbocycles. The summed E-state index contributed by atoms with van der Waals surface area (Å²) in [5.41, 5.74) is 11.0. The molecule has 0 saturated carbocycles. The van der Waals surface area contributed by atoms with E-state index in [0.29, 0.717) is 5.56 Å². The monoisotopic (exact) mass is 387 g/mol. The summed E-state index contributed by atoms with van der Waals surface area (Å²) in [6.45, 7) is 0.0676.